The van der Waals surface area contributed by atoms with E-state index < -0.39 is 0 Å². The predicted octanol–water partition coefficient (Wildman–Crippen LogP) is 4.09. The van der Waals surface area contributed by atoms with Gasteiger partial charge in [0.15, 0.2) is 0 Å². The van der Waals surface area contributed by atoms with E-state index in [1.165, 1.54) is 37.1 Å². The van der Waals surface area contributed by atoms with Gasteiger partial charge in [0.05, 0.1) is 0 Å². The molecule has 104 valence electrons. The molecule has 1 nitrogen and oxygen atoms in total. The van der Waals surface area contributed by atoms with Gasteiger partial charge in [0, 0.05) is 5.41 Å². The molecule has 1 aliphatic heterocycles. The molecule has 0 bridgehead atoms. The highest BCUT2D eigenvalue weighted by Crippen LogP contribution is 2.42. The molecule has 0 unspecified atom stereocenters. The first-order chi connectivity index (χ1) is 9.81. The fourth-order valence-electron chi connectivity index (χ4n) is 3.40. The SMILES string of the molecule is CN1CCC(C2=CC=CCC=C2)(c2ccccc2)CC1. The summed E-state index contributed by atoms with van der Waals surface area (Å²) in [5.41, 5.74) is 3.14. The monoisotopic (exact) mass is 265 g/mol. The quantitative estimate of drug-likeness (QED) is 0.778. The summed E-state index contributed by atoms with van der Waals surface area (Å²) in [6.45, 7) is 2.34. The summed E-state index contributed by atoms with van der Waals surface area (Å²) >= 11 is 0. The van der Waals surface area contributed by atoms with Crippen molar-refractivity contribution in [3.05, 3.63) is 71.8 Å². The molecule has 0 spiro atoms. The third-order valence-electron chi connectivity index (χ3n) is 4.70. The first-order valence-corrected chi connectivity index (χ1v) is 7.59. The maximum Gasteiger partial charge on any atom is 0.0227 e. The molecule has 0 saturated carbocycles. The smallest absolute Gasteiger partial charge is 0.0227 e. The average molecular weight is 265 g/mol. The minimum Gasteiger partial charge on any atom is -0.306 e. The third-order valence-corrected chi connectivity index (χ3v) is 4.70. The van der Waals surface area contributed by atoms with Crippen LogP contribution in [0.1, 0.15) is 24.8 Å². The highest BCUT2D eigenvalue weighted by molar-refractivity contribution is 5.45. The molecule has 1 aromatic rings. The maximum absolute atomic E-state index is 2.44. The van der Waals surface area contributed by atoms with Gasteiger partial charge < -0.3 is 4.90 Å². The Bertz CT molecular complexity index is 528. The van der Waals surface area contributed by atoms with Crippen molar-refractivity contribution in [2.24, 2.45) is 0 Å². The number of allylic oxidation sites excluding steroid dienone is 6. The second kappa shape index (κ2) is 5.80. The van der Waals surface area contributed by atoms with Crippen molar-refractivity contribution in [2.45, 2.75) is 24.7 Å². The van der Waals surface area contributed by atoms with Crippen molar-refractivity contribution in [3.8, 4) is 0 Å². The van der Waals surface area contributed by atoms with Crippen LogP contribution in [0.25, 0.3) is 0 Å². The fraction of sp³-hybridized carbons (Fsp3) is 0.368. The normalized spacial score (nSPS) is 22.4. The topological polar surface area (TPSA) is 3.24 Å². The lowest BCUT2D eigenvalue weighted by Gasteiger charge is -2.42. The molecule has 0 radical (unpaired) electrons. The number of rotatable bonds is 2. The largest absolute Gasteiger partial charge is 0.306 e. The van der Waals surface area contributed by atoms with Crippen LogP contribution in [0, 0.1) is 0 Å². The first-order valence-electron chi connectivity index (χ1n) is 7.59. The zero-order valence-electron chi connectivity index (χ0n) is 12.3. The van der Waals surface area contributed by atoms with Gasteiger partial charge in [-0.15, -0.1) is 0 Å². The molecule has 1 saturated heterocycles. The van der Waals surface area contributed by atoms with Gasteiger partial charge in [-0.25, -0.2) is 0 Å². The van der Waals surface area contributed by atoms with Crippen molar-refractivity contribution in [2.75, 3.05) is 20.1 Å². The molecule has 2 aliphatic rings. The predicted molar refractivity (Wildman–Crippen MR) is 85.8 cm³/mol. The minimum absolute atomic E-state index is 0.193. The Morgan fingerprint density at radius 3 is 2.50 bits per heavy atom. The van der Waals surface area contributed by atoms with Crippen LogP contribution in [0.15, 0.2) is 66.3 Å². The van der Waals surface area contributed by atoms with Gasteiger partial charge >= 0.3 is 0 Å². The molecule has 1 heteroatoms. The molecule has 20 heavy (non-hydrogen) atoms. The van der Waals surface area contributed by atoms with Gasteiger partial charge in [0.2, 0.25) is 0 Å². The number of piperidine rings is 1. The Kier molecular flexibility index (Phi) is 3.88. The summed E-state index contributed by atoms with van der Waals surface area (Å²) in [7, 11) is 2.23. The summed E-state index contributed by atoms with van der Waals surface area (Å²) in [6.07, 6.45) is 14.9. The summed E-state index contributed by atoms with van der Waals surface area (Å²) in [4.78, 5) is 2.44. The molecule has 3 rings (SSSR count). The Labute approximate surface area is 122 Å². The molecule has 1 aromatic carbocycles. The lowest BCUT2D eigenvalue weighted by atomic mass is 9.67. The maximum atomic E-state index is 2.44. The Morgan fingerprint density at radius 1 is 1.00 bits per heavy atom. The van der Waals surface area contributed by atoms with Crippen LogP contribution in [0.4, 0.5) is 0 Å². The van der Waals surface area contributed by atoms with E-state index in [9.17, 15) is 0 Å². The lowest BCUT2D eigenvalue weighted by molar-refractivity contribution is 0.212. The number of benzene rings is 1. The van der Waals surface area contributed by atoms with Crippen LogP contribution in [0.2, 0.25) is 0 Å². The van der Waals surface area contributed by atoms with Crippen molar-refractivity contribution in [3.63, 3.8) is 0 Å². The fourth-order valence-corrected chi connectivity index (χ4v) is 3.40. The zero-order valence-corrected chi connectivity index (χ0v) is 12.3. The number of nitrogens with zero attached hydrogens (tertiary/aromatic N) is 1. The summed E-state index contributed by atoms with van der Waals surface area (Å²) in [5.74, 6) is 0. The molecule has 0 aromatic heterocycles. The van der Waals surface area contributed by atoms with E-state index >= 15 is 0 Å². The van der Waals surface area contributed by atoms with E-state index in [0.29, 0.717) is 0 Å². The number of hydrogen-bond acceptors (Lipinski definition) is 1. The summed E-state index contributed by atoms with van der Waals surface area (Å²) in [6, 6.07) is 11.1. The first kappa shape index (κ1) is 13.4. The van der Waals surface area contributed by atoms with E-state index in [0.717, 1.165) is 6.42 Å². The van der Waals surface area contributed by atoms with E-state index in [2.05, 4.69) is 72.7 Å². The lowest BCUT2D eigenvalue weighted by Crippen LogP contribution is -2.41. The van der Waals surface area contributed by atoms with E-state index in [1.54, 1.807) is 0 Å². The van der Waals surface area contributed by atoms with Crippen LogP contribution < -0.4 is 0 Å². The van der Waals surface area contributed by atoms with Crippen LogP contribution in [-0.4, -0.2) is 25.0 Å². The standard InChI is InChI=1S/C19H23N/c1-20-15-13-19(14-16-20,18-11-7-4-8-12-18)17-9-5-2-3-6-10-17/h2,4-12H,3,13-16H2,1H3. The average Bonchev–Trinajstić information content (AvgIpc) is 2.79. The Balaban J connectivity index is 2.04. The van der Waals surface area contributed by atoms with E-state index in [4.69, 9.17) is 0 Å². The van der Waals surface area contributed by atoms with Gasteiger partial charge in [-0.2, -0.15) is 0 Å². The van der Waals surface area contributed by atoms with E-state index in [-0.39, 0.29) is 5.41 Å². The highest BCUT2D eigenvalue weighted by atomic mass is 15.1. The summed E-state index contributed by atoms with van der Waals surface area (Å²) in [5, 5.41) is 0. The van der Waals surface area contributed by atoms with Crippen molar-refractivity contribution >= 4 is 0 Å². The molecule has 1 fully saturated rings. The van der Waals surface area contributed by atoms with Crippen LogP contribution in [-0.2, 0) is 5.41 Å². The number of likely N-dealkylation sites (tertiary alicyclic amines) is 1. The minimum atomic E-state index is 0.193. The van der Waals surface area contributed by atoms with E-state index in [1.807, 2.05) is 0 Å². The van der Waals surface area contributed by atoms with Crippen molar-refractivity contribution < 1.29 is 0 Å². The van der Waals surface area contributed by atoms with Gasteiger partial charge in [-0.3, -0.25) is 0 Å². The van der Waals surface area contributed by atoms with Gasteiger partial charge in [-0.05, 0) is 50.5 Å². The number of hydrogen-bond donors (Lipinski definition) is 0. The molecular formula is C19H23N. The van der Waals surface area contributed by atoms with Crippen LogP contribution in [0.5, 0.6) is 0 Å². The Hall–Kier alpha value is -1.60. The molecule has 0 amide bonds. The van der Waals surface area contributed by atoms with Crippen LogP contribution in [0.3, 0.4) is 0 Å². The van der Waals surface area contributed by atoms with Crippen molar-refractivity contribution in [1.29, 1.82) is 0 Å². The van der Waals surface area contributed by atoms with Gasteiger partial charge in [0.1, 0.15) is 0 Å². The van der Waals surface area contributed by atoms with Gasteiger partial charge in [0.25, 0.3) is 0 Å². The molecule has 0 atom stereocenters. The molecule has 1 heterocycles. The third kappa shape index (κ3) is 2.51. The molecule has 1 aliphatic carbocycles. The van der Waals surface area contributed by atoms with Crippen molar-refractivity contribution in [1.82, 2.24) is 4.90 Å². The van der Waals surface area contributed by atoms with Crippen LogP contribution >= 0.6 is 0 Å². The highest BCUT2D eigenvalue weighted by Gasteiger charge is 2.37. The second-order valence-electron chi connectivity index (χ2n) is 5.94. The van der Waals surface area contributed by atoms with Gasteiger partial charge in [-0.1, -0.05) is 60.7 Å². The Morgan fingerprint density at radius 2 is 1.75 bits per heavy atom. The zero-order chi connectivity index (χ0) is 13.8. The summed E-state index contributed by atoms with van der Waals surface area (Å²) < 4.78 is 0. The molecule has 0 N–H and O–H groups in total. The second-order valence-corrected chi connectivity index (χ2v) is 5.94. The molecular weight excluding hydrogens is 242 g/mol.